The standard InChI is InChI=1S/C22H15N3O6S/c1-29-18-6-3-14(10-16(18)25(27)28)21-15(24-8-9-32-22(24)23-21)4-5-17(26)13-2-7-19-20(11-13)31-12-30-19/h2-11H,12H2,1H3/b5-4+. The van der Waals surface area contributed by atoms with Crippen molar-refractivity contribution in [2.24, 2.45) is 0 Å². The molecule has 0 atom stereocenters. The van der Waals surface area contributed by atoms with E-state index in [1.807, 2.05) is 16.0 Å². The maximum Gasteiger partial charge on any atom is 0.311 e. The molecule has 5 rings (SSSR count). The van der Waals surface area contributed by atoms with Gasteiger partial charge < -0.3 is 14.2 Å². The first-order valence-corrected chi connectivity index (χ1v) is 10.3. The molecule has 2 aromatic heterocycles. The van der Waals surface area contributed by atoms with E-state index in [2.05, 4.69) is 4.98 Å². The Hall–Kier alpha value is -4.18. The molecule has 0 saturated carbocycles. The molecule has 0 unspecified atom stereocenters. The molecule has 0 fully saturated rings. The number of thiazole rings is 1. The Morgan fingerprint density at radius 1 is 1.25 bits per heavy atom. The van der Waals surface area contributed by atoms with Crippen molar-refractivity contribution in [3.63, 3.8) is 0 Å². The second kappa shape index (κ2) is 7.82. The number of fused-ring (bicyclic) bond motifs is 2. The summed E-state index contributed by atoms with van der Waals surface area (Å²) < 4.78 is 17.5. The van der Waals surface area contributed by atoms with E-state index in [0.29, 0.717) is 39.0 Å². The van der Waals surface area contributed by atoms with Crippen LogP contribution in [-0.2, 0) is 0 Å². The van der Waals surface area contributed by atoms with Crippen LogP contribution in [0.15, 0.2) is 54.1 Å². The van der Waals surface area contributed by atoms with E-state index >= 15 is 0 Å². The number of imidazole rings is 1. The number of ether oxygens (including phenoxy) is 3. The van der Waals surface area contributed by atoms with Crippen LogP contribution < -0.4 is 14.2 Å². The number of carbonyl (C=O) groups is 1. The van der Waals surface area contributed by atoms with E-state index in [0.717, 1.165) is 0 Å². The number of carbonyl (C=O) groups excluding carboxylic acids is 1. The molecule has 32 heavy (non-hydrogen) atoms. The molecule has 0 aliphatic carbocycles. The fraction of sp³-hybridized carbons (Fsp3) is 0.0909. The molecule has 4 aromatic rings. The highest BCUT2D eigenvalue weighted by Gasteiger charge is 2.20. The van der Waals surface area contributed by atoms with Crippen molar-refractivity contribution in [3.05, 3.63) is 75.4 Å². The summed E-state index contributed by atoms with van der Waals surface area (Å²) in [4.78, 5) is 29.0. The van der Waals surface area contributed by atoms with Gasteiger partial charge in [0.25, 0.3) is 0 Å². The quantitative estimate of drug-likeness (QED) is 0.183. The summed E-state index contributed by atoms with van der Waals surface area (Å²) in [7, 11) is 1.38. The van der Waals surface area contributed by atoms with E-state index in [1.54, 1.807) is 30.3 Å². The van der Waals surface area contributed by atoms with Crippen LogP contribution in [0.5, 0.6) is 17.2 Å². The Kier molecular flexibility index (Phi) is 4.83. The molecule has 0 N–H and O–H groups in total. The zero-order chi connectivity index (χ0) is 22.2. The molecule has 0 spiro atoms. The predicted molar refractivity (Wildman–Crippen MR) is 118 cm³/mol. The molecule has 0 amide bonds. The number of nitrogens with zero attached hydrogens (tertiary/aromatic N) is 3. The lowest BCUT2D eigenvalue weighted by atomic mass is 10.1. The van der Waals surface area contributed by atoms with E-state index in [-0.39, 0.29) is 24.0 Å². The Labute approximate surface area is 185 Å². The third kappa shape index (κ3) is 3.36. The highest BCUT2D eigenvalue weighted by atomic mass is 32.1. The number of methoxy groups -OCH3 is 1. The van der Waals surface area contributed by atoms with Crippen LogP contribution in [0.3, 0.4) is 0 Å². The van der Waals surface area contributed by atoms with Crippen LogP contribution in [0.2, 0.25) is 0 Å². The van der Waals surface area contributed by atoms with Crippen molar-refractivity contribution in [1.82, 2.24) is 9.38 Å². The number of aromatic nitrogens is 2. The minimum Gasteiger partial charge on any atom is -0.490 e. The highest BCUT2D eigenvalue weighted by molar-refractivity contribution is 7.15. The number of rotatable bonds is 6. The number of allylic oxidation sites excluding steroid dienone is 1. The summed E-state index contributed by atoms with van der Waals surface area (Å²) in [6.07, 6.45) is 4.93. The van der Waals surface area contributed by atoms with E-state index in [4.69, 9.17) is 14.2 Å². The smallest absolute Gasteiger partial charge is 0.311 e. The van der Waals surface area contributed by atoms with Gasteiger partial charge in [-0.3, -0.25) is 19.3 Å². The lowest BCUT2D eigenvalue weighted by Gasteiger charge is -2.05. The number of nitro groups is 1. The van der Waals surface area contributed by atoms with Crippen LogP contribution in [0, 0.1) is 10.1 Å². The fourth-order valence-electron chi connectivity index (χ4n) is 3.46. The largest absolute Gasteiger partial charge is 0.490 e. The Bertz CT molecular complexity index is 1400. The monoisotopic (exact) mass is 449 g/mol. The summed E-state index contributed by atoms with van der Waals surface area (Å²) in [5.74, 6) is 1.07. The first-order chi connectivity index (χ1) is 15.5. The second-order valence-corrected chi connectivity index (χ2v) is 7.68. The third-order valence-corrected chi connectivity index (χ3v) is 5.75. The topological polar surface area (TPSA) is 105 Å². The maximum atomic E-state index is 12.8. The SMILES string of the molecule is COc1ccc(-c2nc3sccn3c2/C=C/C(=O)c2ccc3c(c2)OCO3)cc1[N+](=O)[O-]. The van der Waals surface area contributed by atoms with Gasteiger partial charge in [0.2, 0.25) is 6.79 Å². The molecule has 9 nitrogen and oxygen atoms in total. The van der Waals surface area contributed by atoms with Gasteiger partial charge in [0.05, 0.1) is 23.4 Å². The molecular weight excluding hydrogens is 434 g/mol. The molecule has 10 heteroatoms. The minimum atomic E-state index is -0.501. The van der Waals surface area contributed by atoms with Crippen molar-refractivity contribution in [3.8, 4) is 28.5 Å². The van der Waals surface area contributed by atoms with Crippen LogP contribution in [0.1, 0.15) is 16.1 Å². The Balaban J connectivity index is 1.54. The minimum absolute atomic E-state index is 0.131. The van der Waals surface area contributed by atoms with E-state index in [1.165, 1.54) is 36.7 Å². The zero-order valence-corrected chi connectivity index (χ0v) is 17.5. The van der Waals surface area contributed by atoms with E-state index in [9.17, 15) is 14.9 Å². The Morgan fingerprint density at radius 3 is 2.91 bits per heavy atom. The third-order valence-electron chi connectivity index (χ3n) is 5.00. The molecule has 0 bridgehead atoms. The number of benzene rings is 2. The summed E-state index contributed by atoms with van der Waals surface area (Å²) >= 11 is 1.42. The number of hydrogen-bond donors (Lipinski definition) is 0. The lowest BCUT2D eigenvalue weighted by Crippen LogP contribution is -1.96. The van der Waals surface area contributed by atoms with E-state index < -0.39 is 4.92 Å². The highest BCUT2D eigenvalue weighted by Crippen LogP contribution is 2.35. The van der Waals surface area contributed by atoms with Gasteiger partial charge in [-0.2, -0.15) is 0 Å². The first kappa shape index (κ1) is 19.8. The first-order valence-electron chi connectivity index (χ1n) is 9.45. The van der Waals surface area contributed by atoms with Gasteiger partial charge in [-0.1, -0.05) is 0 Å². The second-order valence-electron chi connectivity index (χ2n) is 6.81. The fourth-order valence-corrected chi connectivity index (χ4v) is 4.18. The summed E-state index contributed by atoms with van der Waals surface area (Å²) in [5.41, 5.74) is 2.00. The molecule has 1 aliphatic rings. The van der Waals surface area contributed by atoms with Crippen LogP contribution in [-0.4, -0.2) is 34.0 Å². The average Bonchev–Trinajstić information content (AvgIpc) is 3.52. The summed E-state index contributed by atoms with van der Waals surface area (Å²) in [5, 5.41) is 13.3. The summed E-state index contributed by atoms with van der Waals surface area (Å²) in [6, 6.07) is 9.66. The van der Waals surface area contributed by atoms with Gasteiger partial charge in [-0.25, -0.2) is 4.98 Å². The molecule has 0 radical (unpaired) electrons. The van der Waals surface area contributed by atoms with Gasteiger partial charge >= 0.3 is 5.69 Å². The normalized spacial score (nSPS) is 12.5. The van der Waals surface area contributed by atoms with Gasteiger partial charge in [0.1, 0.15) is 0 Å². The molecule has 2 aromatic carbocycles. The van der Waals surface area contributed by atoms with Crippen LogP contribution in [0.4, 0.5) is 5.69 Å². The average molecular weight is 449 g/mol. The van der Waals surface area contributed by atoms with Gasteiger partial charge in [0, 0.05) is 28.8 Å². The van der Waals surface area contributed by atoms with Gasteiger partial charge in [-0.05, 0) is 42.5 Å². The lowest BCUT2D eigenvalue weighted by molar-refractivity contribution is -0.385. The van der Waals surface area contributed by atoms with Crippen LogP contribution >= 0.6 is 11.3 Å². The predicted octanol–water partition coefficient (Wildman–Crippen LogP) is 4.60. The molecular formula is C22H15N3O6S. The molecule has 1 aliphatic heterocycles. The summed E-state index contributed by atoms with van der Waals surface area (Å²) in [6.45, 7) is 0.131. The van der Waals surface area contributed by atoms with Gasteiger partial charge in [-0.15, -0.1) is 11.3 Å². The van der Waals surface area contributed by atoms with Crippen molar-refractivity contribution in [2.75, 3.05) is 13.9 Å². The molecule has 3 heterocycles. The van der Waals surface area contributed by atoms with Crippen molar-refractivity contribution >= 4 is 33.8 Å². The van der Waals surface area contributed by atoms with Gasteiger partial charge in [0.15, 0.2) is 28.0 Å². The van der Waals surface area contributed by atoms with Crippen molar-refractivity contribution < 1.29 is 23.9 Å². The van der Waals surface area contributed by atoms with Crippen LogP contribution in [0.25, 0.3) is 22.3 Å². The number of ketones is 1. The maximum absolute atomic E-state index is 12.8. The molecule has 160 valence electrons. The van der Waals surface area contributed by atoms with Crippen molar-refractivity contribution in [2.45, 2.75) is 0 Å². The Morgan fingerprint density at radius 2 is 2.09 bits per heavy atom. The number of hydrogen-bond acceptors (Lipinski definition) is 8. The van der Waals surface area contributed by atoms with Crippen molar-refractivity contribution in [1.29, 1.82) is 0 Å². The number of nitro benzene ring substituents is 1. The zero-order valence-electron chi connectivity index (χ0n) is 16.7. The molecule has 0 saturated heterocycles.